The van der Waals surface area contributed by atoms with Crippen molar-refractivity contribution in [2.45, 2.75) is 37.8 Å². The van der Waals surface area contributed by atoms with Gasteiger partial charge in [0.05, 0.1) is 76.1 Å². The molecule has 59 heavy (non-hydrogen) atoms. The molecule has 6 heterocycles. The lowest BCUT2D eigenvalue weighted by atomic mass is 10.0. The second-order valence-electron chi connectivity index (χ2n) is 13.5. The van der Waals surface area contributed by atoms with Crippen LogP contribution in [-0.2, 0) is 0 Å². The molecule has 304 valence electrons. The number of fused-ring (bicyclic) bond motifs is 2. The second kappa shape index (κ2) is 19.8. The molecule has 2 fully saturated rings. The van der Waals surface area contributed by atoms with Gasteiger partial charge in [-0.25, -0.2) is 0 Å². The predicted molar refractivity (Wildman–Crippen MR) is 229 cm³/mol. The van der Waals surface area contributed by atoms with Crippen molar-refractivity contribution in [2.24, 2.45) is 0 Å². The van der Waals surface area contributed by atoms with E-state index < -0.39 is 0 Å². The van der Waals surface area contributed by atoms with Gasteiger partial charge in [-0.15, -0.1) is 22.7 Å². The van der Waals surface area contributed by atoms with Gasteiger partial charge in [0.15, 0.2) is 0 Å². The standard InChI is InChI=1S/C20H17ClN4O3S.C18H16ClN3O3S.C2H2BrN/c21-16-5-4-15(29-16)18(26)23-14-3-1-2-13-17(14)20(28)25(19(13)27)12-6-9-24(10-7-12)11-8-22;19-14-5-4-13(26-14)16(23)21-12-3-1-2-11-15(12)18(25)22(17(11)24)10-6-8-20-9-7-10;3-1-2-4/h1-5,12H,6-7,9-11H2,(H,23,26);1-5,10,20H,6-9H2,(H,21,23);1H2. The number of thiophene rings is 2. The summed E-state index contributed by atoms with van der Waals surface area (Å²) in [6.07, 6.45) is 2.73. The summed E-state index contributed by atoms with van der Waals surface area (Å²) in [5.41, 5.74) is 1.82. The monoisotopic (exact) mass is 936 g/mol. The van der Waals surface area contributed by atoms with E-state index in [2.05, 4.69) is 37.9 Å². The van der Waals surface area contributed by atoms with E-state index in [-0.39, 0.29) is 58.7 Å². The molecule has 0 atom stereocenters. The van der Waals surface area contributed by atoms with Crippen LogP contribution in [0.3, 0.4) is 0 Å². The number of alkyl halides is 1. The van der Waals surface area contributed by atoms with Crippen molar-refractivity contribution in [1.82, 2.24) is 20.0 Å². The molecule has 19 heteroatoms. The third-order valence-corrected chi connectivity index (χ3v) is 12.6. The Morgan fingerprint density at radius 1 is 0.695 bits per heavy atom. The number of hydrogen-bond donors (Lipinski definition) is 3. The Labute approximate surface area is 365 Å². The van der Waals surface area contributed by atoms with Gasteiger partial charge < -0.3 is 16.0 Å². The quantitative estimate of drug-likeness (QED) is 0.0974. The zero-order valence-electron chi connectivity index (χ0n) is 31.1. The largest absolute Gasteiger partial charge is 0.321 e. The highest BCUT2D eigenvalue weighted by atomic mass is 79.9. The summed E-state index contributed by atoms with van der Waals surface area (Å²) in [4.78, 5) is 82.3. The summed E-state index contributed by atoms with van der Waals surface area (Å²) in [6, 6.07) is 20.0. The topological polar surface area (TPSA) is 196 Å². The minimum absolute atomic E-state index is 0.108. The first kappa shape index (κ1) is 43.6. The Kier molecular flexibility index (Phi) is 14.7. The van der Waals surface area contributed by atoms with Crippen molar-refractivity contribution in [2.75, 3.05) is 48.7 Å². The van der Waals surface area contributed by atoms with Gasteiger partial charge in [0, 0.05) is 25.2 Å². The summed E-state index contributed by atoms with van der Waals surface area (Å²) in [5, 5.41) is 25.6. The highest BCUT2D eigenvalue weighted by Gasteiger charge is 2.43. The number of carbonyl (C=O) groups is 6. The van der Waals surface area contributed by atoms with Crippen LogP contribution >= 0.6 is 61.8 Å². The molecule has 2 aromatic carbocycles. The number of benzene rings is 2. The van der Waals surface area contributed by atoms with Crippen molar-refractivity contribution in [1.29, 1.82) is 10.5 Å². The first-order valence-corrected chi connectivity index (χ1v) is 21.9. The molecular formula is C40H35BrCl2N8O6S2. The number of carbonyl (C=O) groups excluding carboxylic acids is 6. The van der Waals surface area contributed by atoms with Crippen LogP contribution in [0, 0.1) is 22.7 Å². The zero-order chi connectivity index (χ0) is 42.2. The number of hydrogen-bond acceptors (Lipinski definition) is 12. The molecule has 4 aliphatic heterocycles. The van der Waals surface area contributed by atoms with Crippen molar-refractivity contribution in [3.8, 4) is 12.1 Å². The maximum absolute atomic E-state index is 13.1. The molecule has 0 spiro atoms. The van der Waals surface area contributed by atoms with E-state index in [1.54, 1.807) is 60.7 Å². The lowest BCUT2D eigenvalue weighted by Gasteiger charge is -2.34. The molecule has 3 N–H and O–H groups in total. The van der Waals surface area contributed by atoms with Crippen molar-refractivity contribution >= 4 is 109 Å². The Bertz CT molecular complexity index is 2380. The molecule has 0 radical (unpaired) electrons. The Balaban J connectivity index is 0.000000183. The van der Waals surface area contributed by atoms with Crippen LogP contribution in [0.5, 0.6) is 0 Å². The fourth-order valence-electron chi connectivity index (χ4n) is 7.22. The van der Waals surface area contributed by atoms with Gasteiger partial charge in [-0.3, -0.25) is 43.5 Å². The lowest BCUT2D eigenvalue weighted by Crippen LogP contribution is -2.47. The van der Waals surface area contributed by atoms with Gasteiger partial charge in [0.2, 0.25) is 0 Å². The molecule has 8 rings (SSSR count). The summed E-state index contributed by atoms with van der Waals surface area (Å²) in [5.74, 6) is -2.07. The van der Waals surface area contributed by atoms with Crippen LogP contribution in [0.1, 0.15) is 86.5 Å². The number of amides is 6. The van der Waals surface area contributed by atoms with E-state index >= 15 is 0 Å². The van der Waals surface area contributed by atoms with Gasteiger partial charge in [-0.1, -0.05) is 51.3 Å². The Morgan fingerprint density at radius 2 is 1.14 bits per heavy atom. The first-order valence-electron chi connectivity index (χ1n) is 18.3. The van der Waals surface area contributed by atoms with Gasteiger partial charge in [-0.2, -0.15) is 10.5 Å². The number of rotatable bonds is 7. The summed E-state index contributed by atoms with van der Waals surface area (Å²) < 4.78 is 1.00. The van der Waals surface area contributed by atoms with E-state index in [1.807, 2.05) is 11.0 Å². The van der Waals surface area contributed by atoms with Crippen LogP contribution < -0.4 is 16.0 Å². The van der Waals surface area contributed by atoms with E-state index in [0.29, 0.717) is 78.7 Å². The molecule has 0 bridgehead atoms. The third kappa shape index (κ3) is 9.74. The van der Waals surface area contributed by atoms with Crippen LogP contribution in [-0.4, -0.2) is 100 Å². The number of anilines is 2. The number of imide groups is 2. The fourth-order valence-corrected chi connectivity index (χ4v) is 9.10. The van der Waals surface area contributed by atoms with E-state index in [0.717, 1.165) is 48.6 Å². The van der Waals surface area contributed by atoms with E-state index in [9.17, 15) is 28.8 Å². The first-order chi connectivity index (χ1) is 28.5. The van der Waals surface area contributed by atoms with Crippen LogP contribution in [0.2, 0.25) is 8.67 Å². The molecule has 6 amide bonds. The highest BCUT2D eigenvalue weighted by molar-refractivity contribution is 9.09. The molecule has 2 saturated heterocycles. The average molecular weight is 939 g/mol. The molecule has 2 aromatic heterocycles. The molecule has 0 aliphatic carbocycles. The average Bonchev–Trinajstić information content (AvgIpc) is 4.01. The Hall–Kier alpha value is -4.98. The molecular weight excluding hydrogens is 903 g/mol. The SMILES string of the molecule is N#CCBr.N#CCN1CCC(N2C(=O)c3cccc(NC(=O)c4ccc(Cl)s4)c3C2=O)CC1.O=C(Nc1cccc2c1C(=O)N(C1CCNCC1)C2=O)c1ccc(Cl)s1. The van der Waals surface area contributed by atoms with E-state index in [1.165, 1.54) is 9.80 Å². The fraction of sp³-hybridized carbons (Fsp3) is 0.300. The van der Waals surface area contributed by atoms with Crippen LogP contribution in [0.25, 0.3) is 0 Å². The third-order valence-electron chi connectivity index (χ3n) is 9.93. The lowest BCUT2D eigenvalue weighted by molar-refractivity contribution is 0.0505. The molecule has 14 nitrogen and oxygen atoms in total. The number of piperidine rings is 2. The summed E-state index contributed by atoms with van der Waals surface area (Å²) in [6.45, 7) is 3.22. The second-order valence-corrected chi connectivity index (χ2v) is 17.5. The minimum Gasteiger partial charge on any atom is -0.321 e. The number of nitriles is 2. The summed E-state index contributed by atoms with van der Waals surface area (Å²) in [7, 11) is 0. The van der Waals surface area contributed by atoms with Crippen molar-refractivity contribution < 1.29 is 28.8 Å². The molecule has 0 saturated carbocycles. The van der Waals surface area contributed by atoms with Crippen LogP contribution in [0.15, 0.2) is 60.7 Å². The Morgan fingerprint density at radius 3 is 1.53 bits per heavy atom. The summed E-state index contributed by atoms with van der Waals surface area (Å²) >= 11 is 17.0. The maximum Gasteiger partial charge on any atom is 0.265 e. The van der Waals surface area contributed by atoms with Gasteiger partial charge in [-0.05, 0) is 87.3 Å². The maximum atomic E-state index is 13.1. The minimum atomic E-state index is -0.385. The highest BCUT2D eigenvalue weighted by Crippen LogP contribution is 2.35. The van der Waals surface area contributed by atoms with E-state index in [4.69, 9.17) is 33.7 Å². The molecule has 4 aromatic rings. The molecule has 4 aliphatic rings. The molecule has 0 unspecified atom stereocenters. The van der Waals surface area contributed by atoms with Crippen LogP contribution in [0.4, 0.5) is 11.4 Å². The number of halogens is 3. The van der Waals surface area contributed by atoms with Gasteiger partial charge in [0.1, 0.15) is 0 Å². The number of likely N-dealkylation sites (tertiary alicyclic amines) is 1. The predicted octanol–water partition coefficient (Wildman–Crippen LogP) is 7.14. The van der Waals surface area contributed by atoms with Gasteiger partial charge in [0.25, 0.3) is 35.4 Å². The van der Waals surface area contributed by atoms with Crippen molar-refractivity contribution in [3.63, 3.8) is 0 Å². The number of nitrogens with zero attached hydrogens (tertiary/aromatic N) is 5. The number of nitrogens with one attached hydrogen (secondary N) is 3. The smallest absolute Gasteiger partial charge is 0.265 e. The van der Waals surface area contributed by atoms with Gasteiger partial charge >= 0.3 is 0 Å². The van der Waals surface area contributed by atoms with Crippen molar-refractivity contribution in [3.05, 3.63) is 101 Å². The normalized spacial score (nSPS) is 16.6. The zero-order valence-corrected chi connectivity index (χ0v) is 35.9.